The molecule has 0 aliphatic heterocycles. The Morgan fingerprint density at radius 2 is 1.46 bits per heavy atom. The first-order chi connectivity index (χ1) is 11.7. The summed E-state index contributed by atoms with van der Waals surface area (Å²) < 4.78 is 4.82. The van der Waals surface area contributed by atoms with Gasteiger partial charge >= 0.3 is 5.97 Å². The molecule has 4 nitrogen and oxygen atoms in total. The monoisotopic (exact) mass is 319 g/mol. The molecule has 1 N–H and O–H groups in total. The first kappa shape index (κ1) is 15.7. The molecule has 0 aliphatic carbocycles. The van der Waals surface area contributed by atoms with Gasteiger partial charge in [0.25, 0.3) is 5.56 Å². The van der Waals surface area contributed by atoms with E-state index in [2.05, 4.69) is 4.98 Å². The Morgan fingerprint density at radius 1 is 0.917 bits per heavy atom. The largest absolute Gasteiger partial charge is 0.465 e. The van der Waals surface area contributed by atoms with Gasteiger partial charge in [0.05, 0.1) is 7.11 Å². The summed E-state index contributed by atoms with van der Waals surface area (Å²) >= 11 is 0. The molecule has 1 aromatic heterocycles. The van der Waals surface area contributed by atoms with E-state index in [1.165, 1.54) is 7.11 Å². The highest BCUT2D eigenvalue weighted by molar-refractivity contribution is 5.91. The van der Waals surface area contributed by atoms with Crippen LogP contribution in [-0.4, -0.2) is 18.1 Å². The van der Waals surface area contributed by atoms with Crippen LogP contribution in [-0.2, 0) is 4.74 Å². The Bertz CT molecular complexity index is 846. The number of pyridine rings is 1. The van der Waals surface area contributed by atoms with Crippen molar-refractivity contribution in [2.45, 2.75) is 5.92 Å². The standard InChI is InChI=1S/C20H17NO3/c1-24-20(23)18-16(12-13-21-19(18)22)17(14-8-4-2-5-9-14)15-10-6-3-7-11-15/h2-13,17H,1H3,(H,21,22). The Kier molecular flexibility index (Phi) is 4.57. The molecule has 2 aromatic carbocycles. The number of methoxy groups -OCH3 is 1. The van der Waals surface area contributed by atoms with E-state index in [1.54, 1.807) is 12.3 Å². The van der Waals surface area contributed by atoms with Crippen LogP contribution < -0.4 is 5.56 Å². The highest BCUT2D eigenvalue weighted by Crippen LogP contribution is 2.32. The van der Waals surface area contributed by atoms with Crippen LogP contribution in [0.4, 0.5) is 0 Å². The van der Waals surface area contributed by atoms with Gasteiger partial charge in [0.15, 0.2) is 0 Å². The van der Waals surface area contributed by atoms with Crippen molar-refractivity contribution in [3.8, 4) is 0 Å². The summed E-state index contributed by atoms with van der Waals surface area (Å²) in [6.07, 6.45) is 1.56. The lowest BCUT2D eigenvalue weighted by Gasteiger charge is -2.20. The van der Waals surface area contributed by atoms with Gasteiger partial charge in [-0.15, -0.1) is 0 Å². The zero-order valence-electron chi connectivity index (χ0n) is 13.2. The van der Waals surface area contributed by atoms with Crippen molar-refractivity contribution in [1.29, 1.82) is 0 Å². The number of aromatic amines is 1. The Morgan fingerprint density at radius 3 is 1.96 bits per heavy atom. The molecule has 24 heavy (non-hydrogen) atoms. The maximum absolute atomic E-state index is 12.3. The highest BCUT2D eigenvalue weighted by Gasteiger charge is 2.25. The van der Waals surface area contributed by atoms with Gasteiger partial charge in [0.2, 0.25) is 0 Å². The maximum Gasteiger partial charge on any atom is 0.343 e. The van der Waals surface area contributed by atoms with Gasteiger partial charge < -0.3 is 9.72 Å². The molecule has 0 spiro atoms. The molecule has 3 rings (SSSR count). The third kappa shape index (κ3) is 2.99. The third-order valence-electron chi connectivity index (χ3n) is 3.96. The highest BCUT2D eigenvalue weighted by atomic mass is 16.5. The van der Waals surface area contributed by atoms with Crippen molar-refractivity contribution in [1.82, 2.24) is 4.98 Å². The number of nitrogens with one attached hydrogen (secondary N) is 1. The van der Waals surface area contributed by atoms with E-state index in [9.17, 15) is 9.59 Å². The molecule has 0 unspecified atom stereocenters. The third-order valence-corrected chi connectivity index (χ3v) is 3.96. The average Bonchev–Trinajstić information content (AvgIpc) is 2.63. The van der Waals surface area contributed by atoms with E-state index in [-0.39, 0.29) is 11.5 Å². The number of esters is 1. The van der Waals surface area contributed by atoms with Crippen molar-refractivity contribution >= 4 is 5.97 Å². The van der Waals surface area contributed by atoms with E-state index in [4.69, 9.17) is 4.74 Å². The van der Waals surface area contributed by atoms with Crippen LogP contribution in [0.5, 0.6) is 0 Å². The number of rotatable bonds is 4. The normalized spacial score (nSPS) is 10.6. The summed E-state index contributed by atoms with van der Waals surface area (Å²) in [6.45, 7) is 0. The van der Waals surface area contributed by atoms with E-state index in [0.717, 1.165) is 11.1 Å². The minimum atomic E-state index is -0.635. The van der Waals surface area contributed by atoms with Crippen LogP contribution in [0.3, 0.4) is 0 Å². The van der Waals surface area contributed by atoms with Crippen molar-refractivity contribution in [2.75, 3.05) is 7.11 Å². The lowest BCUT2D eigenvalue weighted by atomic mass is 9.83. The molecular formula is C20H17NO3. The van der Waals surface area contributed by atoms with E-state index in [0.29, 0.717) is 5.56 Å². The van der Waals surface area contributed by atoms with Crippen molar-refractivity contribution in [3.63, 3.8) is 0 Å². The fourth-order valence-corrected chi connectivity index (χ4v) is 2.89. The fourth-order valence-electron chi connectivity index (χ4n) is 2.89. The fraction of sp³-hybridized carbons (Fsp3) is 0.100. The van der Waals surface area contributed by atoms with Gasteiger partial charge in [0.1, 0.15) is 5.56 Å². The minimum Gasteiger partial charge on any atom is -0.465 e. The number of hydrogen-bond acceptors (Lipinski definition) is 3. The molecule has 0 radical (unpaired) electrons. The number of carbonyl (C=O) groups is 1. The minimum absolute atomic E-state index is 0.0395. The topological polar surface area (TPSA) is 59.2 Å². The van der Waals surface area contributed by atoms with Gasteiger partial charge in [-0.05, 0) is 22.8 Å². The summed E-state index contributed by atoms with van der Waals surface area (Å²) in [7, 11) is 1.28. The van der Waals surface area contributed by atoms with Crippen LogP contribution >= 0.6 is 0 Å². The van der Waals surface area contributed by atoms with E-state index in [1.807, 2.05) is 60.7 Å². The number of hydrogen-bond donors (Lipinski definition) is 1. The zero-order chi connectivity index (χ0) is 16.9. The van der Waals surface area contributed by atoms with Gasteiger partial charge in [-0.3, -0.25) is 4.79 Å². The molecule has 0 saturated carbocycles. The second kappa shape index (κ2) is 6.96. The average molecular weight is 319 g/mol. The molecule has 0 atom stereocenters. The summed E-state index contributed by atoms with van der Waals surface area (Å²) in [5.74, 6) is -0.868. The summed E-state index contributed by atoms with van der Waals surface area (Å²) in [5, 5.41) is 0. The van der Waals surface area contributed by atoms with Crippen molar-refractivity contribution < 1.29 is 9.53 Å². The summed E-state index contributed by atoms with van der Waals surface area (Å²) in [6, 6.07) is 21.3. The molecule has 3 aromatic rings. The summed E-state index contributed by atoms with van der Waals surface area (Å²) in [5.41, 5.74) is 2.22. The molecule has 4 heteroatoms. The van der Waals surface area contributed by atoms with Gasteiger partial charge in [0, 0.05) is 12.1 Å². The number of ether oxygens (including phenoxy) is 1. The predicted octanol–water partition coefficient (Wildman–Crippen LogP) is 3.34. The molecule has 1 heterocycles. The Hall–Kier alpha value is -3.14. The van der Waals surface area contributed by atoms with Crippen LogP contribution in [0.1, 0.15) is 33.0 Å². The van der Waals surface area contributed by atoms with Gasteiger partial charge in [-0.2, -0.15) is 0 Å². The molecule has 0 fully saturated rings. The maximum atomic E-state index is 12.3. The molecule has 0 saturated heterocycles. The number of aromatic nitrogens is 1. The number of H-pyrrole nitrogens is 1. The molecular weight excluding hydrogens is 302 g/mol. The second-order valence-corrected chi connectivity index (χ2v) is 5.38. The quantitative estimate of drug-likeness (QED) is 0.750. The van der Waals surface area contributed by atoms with Gasteiger partial charge in [-0.1, -0.05) is 60.7 Å². The molecule has 0 bridgehead atoms. The molecule has 120 valence electrons. The number of benzene rings is 2. The first-order valence-electron chi connectivity index (χ1n) is 7.62. The second-order valence-electron chi connectivity index (χ2n) is 5.38. The van der Waals surface area contributed by atoms with Crippen LogP contribution in [0.2, 0.25) is 0 Å². The van der Waals surface area contributed by atoms with Crippen LogP contribution in [0, 0.1) is 0 Å². The Labute approximate surface area is 139 Å². The first-order valence-corrected chi connectivity index (χ1v) is 7.62. The van der Waals surface area contributed by atoms with E-state index < -0.39 is 11.5 Å². The van der Waals surface area contributed by atoms with E-state index >= 15 is 0 Å². The smallest absolute Gasteiger partial charge is 0.343 e. The number of carbonyl (C=O) groups excluding carboxylic acids is 1. The Balaban J connectivity index is 2.27. The van der Waals surface area contributed by atoms with Crippen LogP contribution in [0.25, 0.3) is 0 Å². The van der Waals surface area contributed by atoms with Crippen molar-refractivity contribution in [3.05, 3.63) is 106 Å². The van der Waals surface area contributed by atoms with Crippen molar-refractivity contribution in [2.24, 2.45) is 0 Å². The lowest BCUT2D eigenvalue weighted by molar-refractivity contribution is 0.0597. The molecule has 0 aliphatic rings. The summed E-state index contributed by atoms with van der Waals surface area (Å²) in [4.78, 5) is 27.0. The SMILES string of the molecule is COC(=O)c1c(C(c2ccccc2)c2ccccc2)cc[nH]c1=O. The molecule has 0 amide bonds. The zero-order valence-corrected chi connectivity index (χ0v) is 13.2. The van der Waals surface area contributed by atoms with Crippen LogP contribution in [0.15, 0.2) is 77.7 Å². The predicted molar refractivity (Wildman–Crippen MR) is 92.2 cm³/mol. The lowest BCUT2D eigenvalue weighted by Crippen LogP contribution is -2.23. The van der Waals surface area contributed by atoms with Gasteiger partial charge in [-0.25, -0.2) is 4.79 Å².